The first-order chi connectivity index (χ1) is 26.1. The summed E-state index contributed by atoms with van der Waals surface area (Å²) in [5.41, 5.74) is 1.93. The third-order valence-electron chi connectivity index (χ3n) is 7.71. The predicted molar refractivity (Wildman–Crippen MR) is 190 cm³/mol. The summed E-state index contributed by atoms with van der Waals surface area (Å²) in [4.78, 5) is 98.1. The van der Waals surface area contributed by atoms with Gasteiger partial charge in [0.05, 0.1) is 26.0 Å². The lowest BCUT2D eigenvalue weighted by Gasteiger charge is -2.30. The Morgan fingerprint density at radius 2 is 1.68 bits per heavy atom. The zero-order valence-corrected chi connectivity index (χ0v) is 33.6. The zero-order chi connectivity index (χ0) is 43.1. The van der Waals surface area contributed by atoms with Gasteiger partial charge in [0, 0.05) is 30.7 Å². The van der Waals surface area contributed by atoms with Gasteiger partial charge in [0.25, 0.3) is 0 Å². The van der Waals surface area contributed by atoms with E-state index < -0.39 is 108 Å². The van der Waals surface area contributed by atoms with Crippen LogP contribution in [0.3, 0.4) is 0 Å². The molecule has 31 heteroatoms. The number of carbonyl (C=O) groups excluding carboxylic acids is 3. The number of rotatable bonds is 22. The van der Waals surface area contributed by atoms with Crippen LogP contribution < -0.4 is 16.4 Å². The molecule has 12 N–H and O–H groups in total. The number of carbonyl (C=O) groups is 4. The van der Waals surface area contributed by atoms with Crippen molar-refractivity contribution >= 4 is 75.1 Å². The second kappa shape index (κ2) is 19.4. The average Bonchev–Trinajstić information content (AvgIpc) is 3.64. The Balaban J connectivity index is 1.48. The summed E-state index contributed by atoms with van der Waals surface area (Å²) >= 11 is 0.691. The number of hydrogen-bond acceptors (Lipinski definition) is 20. The number of fused-ring (bicyclic) bond motifs is 1. The van der Waals surface area contributed by atoms with Crippen molar-refractivity contribution in [2.45, 2.75) is 69.9 Å². The van der Waals surface area contributed by atoms with Crippen LogP contribution >= 0.6 is 35.2 Å². The first kappa shape index (κ1) is 48.4. The van der Waals surface area contributed by atoms with Gasteiger partial charge in [0.15, 0.2) is 28.4 Å². The Morgan fingerprint density at radius 3 is 2.32 bits per heavy atom. The van der Waals surface area contributed by atoms with Crippen LogP contribution in [0.5, 0.6) is 0 Å². The van der Waals surface area contributed by atoms with Crippen LogP contribution in [0.1, 0.15) is 39.8 Å². The van der Waals surface area contributed by atoms with Gasteiger partial charge in [-0.2, -0.15) is 4.31 Å². The highest BCUT2D eigenvalue weighted by Gasteiger charge is 2.50. The molecule has 0 aliphatic carbocycles. The number of hydrogen-bond donors (Lipinski definition) is 11. The molecule has 1 saturated heterocycles. The number of nitrogens with two attached hydrogens (primary N) is 1. The number of aliphatic carboxylic acids is 1. The van der Waals surface area contributed by atoms with Gasteiger partial charge >= 0.3 is 29.4 Å². The van der Waals surface area contributed by atoms with Crippen molar-refractivity contribution in [3.8, 4) is 0 Å². The SMILES string of the molecule is CC(C)(COP(=O)(O)OP(=O)(O)OC[C@H]1O[C@@H](n2cnc3c(N)ncnc32)[C@@H](O)C1OP(=O)(O)O)[C@@H](O)C(=O)NCCC(=O)NCCSC(=O)C[C@](C)(O)C(=O)O. The lowest BCUT2D eigenvalue weighted by molar-refractivity contribution is -0.158. The molecule has 2 aromatic heterocycles. The summed E-state index contributed by atoms with van der Waals surface area (Å²) in [5.74, 6) is -3.18. The van der Waals surface area contributed by atoms with Crippen LogP contribution in [0, 0.1) is 5.41 Å². The van der Waals surface area contributed by atoms with Crippen LogP contribution in [0.15, 0.2) is 12.7 Å². The maximum atomic E-state index is 12.7. The number of thioether (sulfide) groups is 1. The molecule has 27 nitrogen and oxygen atoms in total. The van der Waals surface area contributed by atoms with E-state index >= 15 is 0 Å². The first-order valence-electron chi connectivity index (χ1n) is 16.1. The third-order valence-corrected chi connectivity index (χ3v) is 11.7. The molecule has 3 unspecified atom stereocenters. The molecular formula is C26H42N7O20P3S. The maximum absolute atomic E-state index is 12.7. The van der Waals surface area contributed by atoms with Gasteiger partial charge in [-0.25, -0.2) is 33.4 Å². The Hall–Kier alpha value is -3.01. The highest BCUT2D eigenvalue weighted by Crippen LogP contribution is 2.61. The van der Waals surface area contributed by atoms with Crippen molar-refractivity contribution in [3.63, 3.8) is 0 Å². The Labute approximate surface area is 326 Å². The van der Waals surface area contributed by atoms with E-state index in [1.54, 1.807) is 0 Å². The highest BCUT2D eigenvalue weighted by molar-refractivity contribution is 8.13. The summed E-state index contributed by atoms with van der Waals surface area (Å²) in [6.07, 6.45) is -7.85. The minimum Gasteiger partial charge on any atom is -0.479 e. The number of aliphatic hydroxyl groups is 3. The molecule has 1 aliphatic rings. The van der Waals surface area contributed by atoms with Crippen LogP contribution in [0.25, 0.3) is 11.2 Å². The smallest absolute Gasteiger partial charge is 0.479 e. The van der Waals surface area contributed by atoms with Crippen LogP contribution in [-0.2, 0) is 55.5 Å². The van der Waals surface area contributed by atoms with Crippen molar-refractivity contribution in [1.82, 2.24) is 30.2 Å². The van der Waals surface area contributed by atoms with Crippen LogP contribution in [0.2, 0.25) is 0 Å². The number of aromatic nitrogens is 4. The van der Waals surface area contributed by atoms with E-state index in [0.717, 1.165) is 24.1 Å². The number of imidazole rings is 1. The van der Waals surface area contributed by atoms with Gasteiger partial charge in [-0.05, 0) is 6.92 Å². The number of nitrogens with zero attached hydrogens (tertiary/aromatic N) is 4. The van der Waals surface area contributed by atoms with Gasteiger partial charge in [-0.15, -0.1) is 0 Å². The molecule has 2 aromatic rings. The Kier molecular flexibility index (Phi) is 16.4. The van der Waals surface area contributed by atoms with Crippen molar-refractivity contribution in [1.29, 1.82) is 0 Å². The second-order valence-corrected chi connectivity index (χ2v) is 18.4. The molecule has 322 valence electrons. The van der Waals surface area contributed by atoms with Gasteiger partial charge in [-0.1, -0.05) is 25.6 Å². The number of nitrogen functional groups attached to an aromatic ring is 1. The third kappa shape index (κ3) is 14.3. The normalized spacial score (nSPS) is 22.6. The summed E-state index contributed by atoms with van der Waals surface area (Å²) in [7, 11) is -16.5. The lowest BCUT2D eigenvalue weighted by atomic mass is 9.87. The fourth-order valence-corrected chi connectivity index (χ4v) is 8.35. The number of carboxylic acid groups (broad SMARTS) is 1. The summed E-state index contributed by atoms with van der Waals surface area (Å²) in [6, 6.07) is 0. The lowest BCUT2D eigenvalue weighted by Crippen LogP contribution is -2.46. The number of ether oxygens (including phenoxy) is 1. The molecule has 1 fully saturated rings. The van der Waals surface area contributed by atoms with Gasteiger partial charge in [0.2, 0.25) is 11.8 Å². The fourth-order valence-electron chi connectivity index (χ4n) is 4.70. The fraction of sp³-hybridized carbons (Fsp3) is 0.654. The topological polar surface area (TPSA) is 421 Å². The van der Waals surface area contributed by atoms with Gasteiger partial charge in [0.1, 0.15) is 36.3 Å². The molecule has 8 atom stereocenters. The number of nitrogens with one attached hydrogen (secondary N) is 2. The number of carboxylic acids is 1. The number of anilines is 1. The summed E-state index contributed by atoms with van der Waals surface area (Å²) < 4.78 is 61.9. The van der Waals surface area contributed by atoms with E-state index in [9.17, 15) is 67.8 Å². The maximum Gasteiger partial charge on any atom is 0.481 e. The molecule has 3 rings (SSSR count). The minimum absolute atomic E-state index is 0.0136. The van der Waals surface area contributed by atoms with E-state index in [-0.39, 0.29) is 42.2 Å². The minimum atomic E-state index is -5.60. The van der Waals surface area contributed by atoms with E-state index in [1.165, 1.54) is 13.8 Å². The standard InChI is InChI=1S/C26H42N7O20P3S/c1-25(2,19(37)22(38)29-5-4-14(34)28-6-7-57-15(35)8-26(3,41)24(39)40)10-50-56(47,48)53-55(45,46)49-9-13-18(52-54(42,43)44)17(36)23(51-13)33-12-32-16-20(27)30-11-31-21(16)33/h11-13,17-19,23,36-37,41H,4-10H2,1-3H3,(H,28,34)(H,29,38)(H,39,40)(H,45,46)(H,47,48)(H2,27,30,31)(H2,42,43,44)/t13-,17+,18?,19+,23-,26+/m1/s1. The number of phosphoric acid groups is 3. The predicted octanol–water partition coefficient (Wildman–Crippen LogP) is -2.11. The van der Waals surface area contributed by atoms with E-state index in [4.69, 9.17) is 24.6 Å². The van der Waals surface area contributed by atoms with Gasteiger partial charge < -0.3 is 61.1 Å². The molecule has 0 radical (unpaired) electrons. The molecule has 1 aliphatic heterocycles. The molecule has 2 amide bonds. The number of aliphatic hydroxyl groups excluding tert-OH is 2. The largest absolute Gasteiger partial charge is 0.481 e. The molecule has 57 heavy (non-hydrogen) atoms. The van der Waals surface area contributed by atoms with Crippen molar-refractivity contribution in [2.75, 3.05) is 37.8 Å². The van der Waals surface area contributed by atoms with Crippen LogP contribution in [0.4, 0.5) is 5.82 Å². The van der Waals surface area contributed by atoms with E-state index in [1.807, 2.05) is 0 Å². The van der Waals surface area contributed by atoms with Gasteiger partial charge in [-0.3, -0.25) is 32.5 Å². The molecule has 0 bridgehead atoms. The number of phosphoric ester groups is 3. The second-order valence-electron chi connectivity index (χ2n) is 13.0. The van der Waals surface area contributed by atoms with E-state index in [0.29, 0.717) is 11.8 Å². The summed E-state index contributed by atoms with van der Waals surface area (Å²) in [5, 5.41) is 44.0. The quantitative estimate of drug-likeness (QED) is 0.0445. The Bertz CT molecular complexity index is 1930. The average molecular weight is 898 g/mol. The van der Waals surface area contributed by atoms with Crippen molar-refractivity contribution < 1.29 is 95.5 Å². The monoisotopic (exact) mass is 897 g/mol. The molecule has 0 aromatic carbocycles. The Morgan fingerprint density at radius 1 is 1.04 bits per heavy atom. The first-order valence-corrected chi connectivity index (χ1v) is 21.7. The molecule has 0 saturated carbocycles. The molecule has 0 spiro atoms. The molecular weight excluding hydrogens is 855 g/mol. The van der Waals surface area contributed by atoms with E-state index in [2.05, 4.69) is 34.4 Å². The zero-order valence-electron chi connectivity index (χ0n) is 30.1. The van der Waals surface area contributed by atoms with Crippen molar-refractivity contribution in [3.05, 3.63) is 12.7 Å². The van der Waals surface area contributed by atoms with Crippen molar-refractivity contribution in [2.24, 2.45) is 5.41 Å². The highest BCUT2D eigenvalue weighted by atomic mass is 32.2. The van der Waals surface area contributed by atoms with Crippen LogP contribution in [-0.4, -0.2) is 144 Å². The molecule has 3 heterocycles. The number of amides is 2. The summed E-state index contributed by atoms with van der Waals surface area (Å²) in [6.45, 7) is 0.988.